The van der Waals surface area contributed by atoms with Gasteiger partial charge in [0.2, 0.25) is 0 Å². The minimum absolute atomic E-state index is 0.216. The predicted octanol–water partition coefficient (Wildman–Crippen LogP) is 4.47. The number of nitrogens with one attached hydrogen (secondary N) is 2. The number of hydrogen-bond acceptors (Lipinski definition) is 4. The molecule has 1 heterocycles. The molecule has 3 rings (SSSR count). The maximum atomic E-state index is 12.2. The second-order valence-electron chi connectivity index (χ2n) is 6.31. The summed E-state index contributed by atoms with van der Waals surface area (Å²) in [6.45, 7) is 0.426. The fourth-order valence-electron chi connectivity index (χ4n) is 2.49. The first-order chi connectivity index (χ1) is 13.0. The van der Waals surface area contributed by atoms with Crippen LogP contribution in [0.2, 0.25) is 5.02 Å². The van der Waals surface area contributed by atoms with Crippen molar-refractivity contribution in [1.82, 2.24) is 10.3 Å². The Bertz CT molecular complexity index is 891. The van der Waals surface area contributed by atoms with Crippen molar-refractivity contribution in [2.45, 2.75) is 6.54 Å². The number of amides is 1. The van der Waals surface area contributed by atoms with Gasteiger partial charge in [-0.2, -0.15) is 0 Å². The summed E-state index contributed by atoms with van der Waals surface area (Å²) in [6.07, 6.45) is 1.65. The molecule has 0 aliphatic heterocycles. The molecule has 0 saturated heterocycles. The minimum Gasteiger partial charge on any atom is -0.378 e. The highest BCUT2D eigenvalue weighted by atomic mass is 35.5. The lowest BCUT2D eigenvalue weighted by Gasteiger charge is -2.13. The van der Waals surface area contributed by atoms with Crippen LogP contribution in [-0.2, 0) is 6.54 Å². The number of carbonyl (C=O) groups is 1. The van der Waals surface area contributed by atoms with Gasteiger partial charge in [0.05, 0.1) is 11.9 Å². The average molecular weight is 381 g/mol. The molecule has 1 amide bonds. The first-order valence-corrected chi connectivity index (χ1v) is 8.92. The second kappa shape index (κ2) is 8.56. The SMILES string of the molecule is CN(C)c1ccc(Nc2ccc(C(=O)NCc3ccc(Cl)cc3)nc2)cc1. The lowest BCUT2D eigenvalue weighted by molar-refractivity contribution is 0.0946. The zero-order valence-electron chi connectivity index (χ0n) is 15.2. The van der Waals surface area contributed by atoms with Gasteiger partial charge in [-0.05, 0) is 54.1 Å². The molecule has 0 spiro atoms. The van der Waals surface area contributed by atoms with E-state index in [0.29, 0.717) is 17.3 Å². The van der Waals surface area contributed by atoms with Gasteiger partial charge in [0.1, 0.15) is 5.69 Å². The summed E-state index contributed by atoms with van der Waals surface area (Å²) in [5, 5.41) is 6.80. The number of halogens is 1. The standard InChI is InChI=1S/C21H21ClN4O/c1-26(2)19-10-7-17(8-11-19)25-18-9-12-20(23-14-18)21(27)24-13-15-3-5-16(22)6-4-15/h3-12,14,25H,13H2,1-2H3,(H,24,27). The van der Waals surface area contributed by atoms with Crippen LogP contribution < -0.4 is 15.5 Å². The Morgan fingerprint density at radius 1 is 0.963 bits per heavy atom. The van der Waals surface area contributed by atoms with Crippen LogP contribution in [0.1, 0.15) is 16.1 Å². The van der Waals surface area contributed by atoms with Gasteiger partial charge < -0.3 is 15.5 Å². The van der Waals surface area contributed by atoms with E-state index in [2.05, 4.69) is 15.6 Å². The maximum Gasteiger partial charge on any atom is 0.270 e. The first-order valence-electron chi connectivity index (χ1n) is 8.54. The van der Waals surface area contributed by atoms with Crippen molar-refractivity contribution in [2.75, 3.05) is 24.3 Å². The van der Waals surface area contributed by atoms with Gasteiger partial charge in [0, 0.05) is 37.0 Å². The van der Waals surface area contributed by atoms with Crippen molar-refractivity contribution in [3.05, 3.63) is 83.1 Å². The molecule has 2 N–H and O–H groups in total. The largest absolute Gasteiger partial charge is 0.378 e. The van der Waals surface area contributed by atoms with Crippen molar-refractivity contribution in [3.8, 4) is 0 Å². The first kappa shape index (κ1) is 18.7. The van der Waals surface area contributed by atoms with Crippen LogP contribution in [0.25, 0.3) is 0 Å². The molecule has 138 valence electrons. The molecule has 1 aromatic heterocycles. The summed E-state index contributed by atoms with van der Waals surface area (Å²) in [5.74, 6) is -0.216. The van der Waals surface area contributed by atoms with Crippen LogP contribution in [0, 0.1) is 0 Å². The Kier molecular flexibility index (Phi) is 5.94. The van der Waals surface area contributed by atoms with E-state index < -0.39 is 0 Å². The van der Waals surface area contributed by atoms with Gasteiger partial charge in [-0.1, -0.05) is 23.7 Å². The van der Waals surface area contributed by atoms with Crippen molar-refractivity contribution in [1.29, 1.82) is 0 Å². The lowest BCUT2D eigenvalue weighted by atomic mass is 10.2. The molecule has 2 aromatic carbocycles. The molecule has 27 heavy (non-hydrogen) atoms. The van der Waals surface area contributed by atoms with E-state index in [1.165, 1.54) is 0 Å². The number of carbonyl (C=O) groups excluding carboxylic acids is 1. The molecule has 0 bridgehead atoms. The number of pyridine rings is 1. The number of rotatable bonds is 6. The van der Waals surface area contributed by atoms with Crippen LogP contribution in [0.15, 0.2) is 66.9 Å². The lowest BCUT2D eigenvalue weighted by Crippen LogP contribution is -2.23. The average Bonchev–Trinajstić information content (AvgIpc) is 2.68. The highest BCUT2D eigenvalue weighted by Crippen LogP contribution is 2.19. The topological polar surface area (TPSA) is 57.3 Å². The quantitative estimate of drug-likeness (QED) is 0.662. The van der Waals surface area contributed by atoms with Crippen molar-refractivity contribution in [3.63, 3.8) is 0 Å². The molecule has 0 unspecified atom stereocenters. The third kappa shape index (κ3) is 5.21. The highest BCUT2D eigenvalue weighted by Gasteiger charge is 2.07. The van der Waals surface area contributed by atoms with Crippen LogP contribution in [0.5, 0.6) is 0 Å². The van der Waals surface area contributed by atoms with E-state index in [4.69, 9.17) is 11.6 Å². The van der Waals surface area contributed by atoms with E-state index in [-0.39, 0.29) is 5.91 Å². The van der Waals surface area contributed by atoms with E-state index >= 15 is 0 Å². The number of benzene rings is 2. The summed E-state index contributed by atoms with van der Waals surface area (Å²) in [4.78, 5) is 18.5. The summed E-state index contributed by atoms with van der Waals surface area (Å²) >= 11 is 5.86. The number of aromatic nitrogens is 1. The molecule has 0 fully saturated rings. The Morgan fingerprint density at radius 2 is 1.63 bits per heavy atom. The Morgan fingerprint density at radius 3 is 2.22 bits per heavy atom. The Labute approximate surface area is 164 Å². The van der Waals surface area contributed by atoms with E-state index in [1.54, 1.807) is 24.4 Å². The molecule has 0 aliphatic carbocycles. The molecule has 0 atom stereocenters. The van der Waals surface area contributed by atoms with Crippen molar-refractivity contribution >= 4 is 34.6 Å². The number of hydrogen-bond donors (Lipinski definition) is 2. The normalized spacial score (nSPS) is 10.3. The van der Waals surface area contributed by atoms with Crippen LogP contribution in [-0.4, -0.2) is 25.0 Å². The smallest absolute Gasteiger partial charge is 0.270 e. The van der Waals surface area contributed by atoms with Crippen LogP contribution in [0.3, 0.4) is 0 Å². The third-order valence-electron chi connectivity index (χ3n) is 4.03. The van der Waals surface area contributed by atoms with Gasteiger partial charge >= 0.3 is 0 Å². The van der Waals surface area contributed by atoms with Gasteiger partial charge in [-0.15, -0.1) is 0 Å². The molecule has 3 aromatic rings. The van der Waals surface area contributed by atoms with Gasteiger partial charge in [0.25, 0.3) is 5.91 Å². The summed E-state index contributed by atoms with van der Waals surface area (Å²) in [6, 6.07) is 19.0. The van der Waals surface area contributed by atoms with Gasteiger partial charge in [-0.3, -0.25) is 4.79 Å². The Balaban J connectivity index is 1.57. The molecule has 5 nitrogen and oxygen atoms in total. The maximum absolute atomic E-state index is 12.2. The summed E-state index contributed by atoms with van der Waals surface area (Å²) < 4.78 is 0. The zero-order chi connectivity index (χ0) is 19.2. The molecule has 6 heteroatoms. The van der Waals surface area contributed by atoms with E-state index in [0.717, 1.165) is 22.6 Å². The summed E-state index contributed by atoms with van der Waals surface area (Å²) in [5.41, 5.74) is 4.26. The Hall–Kier alpha value is -3.05. The summed E-state index contributed by atoms with van der Waals surface area (Å²) in [7, 11) is 4.01. The fourth-order valence-corrected chi connectivity index (χ4v) is 2.61. The van der Waals surface area contributed by atoms with E-state index in [9.17, 15) is 4.79 Å². The number of anilines is 3. The van der Waals surface area contributed by atoms with Crippen molar-refractivity contribution in [2.24, 2.45) is 0 Å². The highest BCUT2D eigenvalue weighted by molar-refractivity contribution is 6.30. The molecular formula is C21H21ClN4O. The van der Waals surface area contributed by atoms with Crippen LogP contribution >= 0.6 is 11.6 Å². The predicted molar refractivity (Wildman–Crippen MR) is 111 cm³/mol. The van der Waals surface area contributed by atoms with Gasteiger partial charge in [0.15, 0.2) is 0 Å². The second-order valence-corrected chi connectivity index (χ2v) is 6.74. The molecule has 0 saturated carbocycles. The zero-order valence-corrected chi connectivity index (χ0v) is 16.0. The van der Waals surface area contributed by atoms with Crippen LogP contribution in [0.4, 0.5) is 17.1 Å². The molecule has 0 aliphatic rings. The number of nitrogens with zero attached hydrogens (tertiary/aromatic N) is 2. The molecular weight excluding hydrogens is 360 g/mol. The fraction of sp³-hybridized carbons (Fsp3) is 0.143. The third-order valence-corrected chi connectivity index (χ3v) is 4.29. The minimum atomic E-state index is -0.216. The van der Waals surface area contributed by atoms with Crippen molar-refractivity contribution < 1.29 is 4.79 Å². The monoisotopic (exact) mass is 380 g/mol. The molecule has 0 radical (unpaired) electrons. The van der Waals surface area contributed by atoms with Gasteiger partial charge in [-0.25, -0.2) is 4.98 Å². The van der Waals surface area contributed by atoms with E-state index in [1.807, 2.05) is 61.5 Å².